The van der Waals surface area contributed by atoms with Crippen LogP contribution in [0.5, 0.6) is 0 Å². The molecule has 130 valence electrons. The van der Waals surface area contributed by atoms with Crippen molar-refractivity contribution in [1.29, 1.82) is 0 Å². The molecule has 0 bridgehead atoms. The summed E-state index contributed by atoms with van der Waals surface area (Å²) in [6.07, 6.45) is 1.81. The molecule has 2 aromatic rings. The number of anilines is 1. The van der Waals surface area contributed by atoms with Crippen molar-refractivity contribution in [3.63, 3.8) is 0 Å². The molecule has 0 unspecified atom stereocenters. The Morgan fingerprint density at radius 3 is 2.67 bits per heavy atom. The number of aryl methyl sites for hydroxylation is 1. The normalized spacial score (nSPS) is 15.9. The molecule has 3 rings (SSSR count). The summed E-state index contributed by atoms with van der Waals surface area (Å²) in [5, 5.41) is 12.9. The molecule has 1 aliphatic heterocycles. The Morgan fingerprint density at radius 2 is 1.96 bits per heavy atom. The second-order valence-electron chi connectivity index (χ2n) is 6.16. The van der Waals surface area contributed by atoms with E-state index in [1.54, 1.807) is 4.80 Å². The standard InChI is InChI=1S/C17H25ClN6/c1-3-24-20-12-14(21-24)11-19-13-15-16(18)5-4-6-17(15)23-9-7-22(2)8-10-23/h4-6,12,19H,3,7-11,13H2,1-2H3. The molecular formula is C17H25ClN6. The van der Waals surface area contributed by atoms with Gasteiger partial charge in [0.2, 0.25) is 0 Å². The third kappa shape index (κ3) is 4.06. The van der Waals surface area contributed by atoms with E-state index in [0.717, 1.165) is 55.5 Å². The van der Waals surface area contributed by atoms with Crippen LogP contribution in [0.25, 0.3) is 0 Å². The van der Waals surface area contributed by atoms with Gasteiger partial charge in [-0.1, -0.05) is 17.7 Å². The van der Waals surface area contributed by atoms with E-state index in [-0.39, 0.29) is 0 Å². The van der Waals surface area contributed by atoms with Crippen LogP contribution < -0.4 is 10.2 Å². The maximum Gasteiger partial charge on any atom is 0.0965 e. The molecule has 1 fully saturated rings. The van der Waals surface area contributed by atoms with Gasteiger partial charge in [0.15, 0.2) is 0 Å². The van der Waals surface area contributed by atoms with Crippen molar-refractivity contribution >= 4 is 17.3 Å². The van der Waals surface area contributed by atoms with Gasteiger partial charge in [-0.2, -0.15) is 15.0 Å². The number of aromatic nitrogens is 3. The largest absolute Gasteiger partial charge is 0.369 e. The lowest BCUT2D eigenvalue weighted by Gasteiger charge is -2.35. The summed E-state index contributed by atoms with van der Waals surface area (Å²) in [4.78, 5) is 6.48. The molecule has 24 heavy (non-hydrogen) atoms. The highest BCUT2D eigenvalue weighted by Gasteiger charge is 2.18. The predicted octanol–water partition coefficient (Wildman–Crippen LogP) is 1.99. The zero-order chi connectivity index (χ0) is 16.9. The number of hydrogen-bond donors (Lipinski definition) is 1. The predicted molar refractivity (Wildman–Crippen MR) is 97.4 cm³/mol. The highest BCUT2D eigenvalue weighted by atomic mass is 35.5. The van der Waals surface area contributed by atoms with E-state index in [1.807, 2.05) is 25.3 Å². The van der Waals surface area contributed by atoms with Gasteiger partial charge in [0.25, 0.3) is 0 Å². The topological polar surface area (TPSA) is 49.2 Å². The first-order valence-electron chi connectivity index (χ1n) is 8.48. The van der Waals surface area contributed by atoms with Gasteiger partial charge >= 0.3 is 0 Å². The molecule has 7 heteroatoms. The van der Waals surface area contributed by atoms with E-state index in [2.05, 4.69) is 38.4 Å². The van der Waals surface area contributed by atoms with Crippen molar-refractivity contribution in [3.8, 4) is 0 Å². The summed E-state index contributed by atoms with van der Waals surface area (Å²) in [6, 6.07) is 6.17. The minimum absolute atomic E-state index is 0.688. The van der Waals surface area contributed by atoms with Crippen molar-refractivity contribution in [2.75, 3.05) is 38.1 Å². The molecule has 0 spiro atoms. The minimum Gasteiger partial charge on any atom is -0.369 e. The lowest BCUT2D eigenvalue weighted by Crippen LogP contribution is -2.45. The van der Waals surface area contributed by atoms with E-state index in [1.165, 1.54) is 5.69 Å². The van der Waals surface area contributed by atoms with Crippen LogP contribution in [0, 0.1) is 0 Å². The van der Waals surface area contributed by atoms with Gasteiger partial charge in [0, 0.05) is 55.5 Å². The third-order valence-electron chi connectivity index (χ3n) is 4.41. The number of piperazine rings is 1. The molecule has 6 nitrogen and oxygen atoms in total. The molecule has 0 atom stereocenters. The summed E-state index contributed by atoms with van der Waals surface area (Å²) >= 11 is 6.48. The fourth-order valence-corrected chi connectivity index (χ4v) is 3.18. The molecule has 0 saturated carbocycles. The Morgan fingerprint density at radius 1 is 1.17 bits per heavy atom. The van der Waals surface area contributed by atoms with E-state index in [9.17, 15) is 0 Å². The van der Waals surface area contributed by atoms with Crippen molar-refractivity contribution in [3.05, 3.63) is 40.7 Å². The van der Waals surface area contributed by atoms with Crippen molar-refractivity contribution in [1.82, 2.24) is 25.2 Å². The zero-order valence-electron chi connectivity index (χ0n) is 14.4. The number of hydrogen-bond acceptors (Lipinski definition) is 5. The SMILES string of the molecule is CCn1ncc(CNCc2c(Cl)cccc2N2CCN(C)CC2)n1. The number of likely N-dealkylation sites (N-methyl/N-ethyl adjacent to an activating group) is 1. The first-order chi connectivity index (χ1) is 11.7. The van der Waals surface area contributed by atoms with Gasteiger partial charge in [0.05, 0.1) is 18.4 Å². The van der Waals surface area contributed by atoms with Gasteiger partial charge in [-0.25, -0.2) is 0 Å². The molecule has 1 N–H and O–H groups in total. The van der Waals surface area contributed by atoms with Crippen LogP contribution in [0.2, 0.25) is 5.02 Å². The maximum atomic E-state index is 6.48. The fraction of sp³-hybridized carbons (Fsp3) is 0.529. The first-order valence-corrected chi connectivity index (χ1v) is 8.85. The number of benzene rings is 1. The second-order valence-corrected chi connectivity index (χ2v) is 6.56. The third-order valence-corrected chi connectivity index (χ3v) is 4.77. The number of rotatable bonds is 6. The van der Waals surface area contributed by atoms with Crippen LogP contribution in [0.1, 0.15) is 18.2 Å². The van der Waals surface area contributed by atoms with Gasteiger partial charge in [-0.3, -0.25) is 0 Å². The smallest absolute Gasteiger partial charge is 0.0965 e. The van der Waals surface area contributed by atoms with Gasteiger partial charge in [-0.15, -0.1) is 0 Å². The van der Waals surface area contributed by atoms with Crippen molar-refractivity contribution in [2.45, 2.75) is 26.6 Å². The second kappa shape index (κ2) is 7.96. The highest BCUT2D eigenvalue weighted by Crippen LogP contribution is 2.28. The zero-order valence-corrected chi connectivity index (χ0v) is 15.1. The van der Waals surface area contributed by atoms with E-state index in [4.69, 9.17) is 11.6 Å². The molecule has 0 aliphatic carbocycles. The Balaban J connectivity index is 1.66. The first kappa shape index (κ1) is 17.2. The Hall–Kier alpha value is -1.63. The summed E-state index contributed by atoms with van der Waals surface area (Å²) in [5.74, 6) is 0. The number of nitrogens with one attached hydrogen (secondary N) is 1. The average Bonchev–Trinajstić information content (AvgIpc) is 3.05. The van der Waals surface area contributed by atoms with Crippen LogP contribution >= 0.6 is 11.6 Å². The van der Waals surface area contributed by atoms with Gasteiger partial charge in [-0.05, 0) is 26.1 Å². The molecule has 0 amide bonds. The van der Waals surface area contributed by atoms with Gasteiger partial charge < -0.3 is 15.1 Å². The fourth-order valence-electron chi connectivity index (χ4n) is 2.95. The number of halogens is 1. The van der Waals surface area contributed by atoms with Crippen LogP contribution in [0.15, 0.2) is 24.4 Å². The van der Waals surface area contributed by atoms with E-state index >= 15 is 0 Å². The Labute approximate surface area is 148 Å². The van der Waals surface area contributed by atoms with Crippen LogP contribution in [-0.2, 0) is 19.6 Å². The van der Waals surface area contributed by atoms with Crippen LogP contribution in [0.3, 0.4) is 0 Å². The van der Waals surface area contributed by atoms with Gasteiger partial charge in [0.1, 0.15) is 0 Å². The monoisotopic (exact) mass is 348 g/mol. The minimum atomic E-state index is 0.688. The highest BCUT2D eigenvalue weighted by molar-refractivity contribution is 6.31. The Bertz CT molecular complexity index is 663. The lowest BCUT2D eigenvalue weighted by atomic mass is 10.1. The lowest BCUT2D eigenvalue weighted by molar-refractivity contribution is 0.312. The van der Waals surface area contributed by atoms with Crippen molar-refractivity contribution in [2.24, 2.45) is 0 Å². The Kier molecular flexibility index (Phi) is 5.71. The molecule has 0 radical (unpaired) electrons. The van der Waals surface area contributed by atoms with Crippen molar-refractivity contribution < 1.29 is 0 Å². The van der Waals surface area contributed by atoms with Crippen LogP contribution in [-0.4, -0.2) is 53.1 Å². The maximum absolute atomic E-state index is 6.48. The summed E-state index contributed by atoms with van der Waals surface area (Å²) in [7, 11) is 2.17. The molecule has 1 aliphatic rings. The quantitative estimate of drug-likeness (QED) is 0.865. The van der Waals surface area contributed by atoms with Crippen LogP contribution in [0.4, 0.5) is 5.69 Å². The number of nitrogens with zero attached hydrogens (tertiary/aromatic N) is 5. The molecule has 1 saturated heterocycles. The summed E-state index contributed by atoms with van der Waals surface area (Å²) < 4.78 is 0. The molecule has 1 aromatic carbocycles. The van der Waals surface area contributed by atoms with E-state index in [0.29, 0.717) is 6.54 Å². The summed E-state index contributed by atoms with van der Waals surface area (Å²) in [5.41, 5.74) is 3.34. The molecule has 2 heterocycles. The molecule has 1 aromatic heterocycles. The molecular weight excluding hydrogens is 324 g/mol. The summed E-state index contributed by atoms with van der Waals surface area (Å²) in [6.45, 7) is 8.47. The van der Waals surface area contributed by atoms with E-state index < -0.39 is 0 Å². The average molecular weight is 349 g/mol.